The molecule has 0 aromatic carbocycles. The van der Waals surface area contributed by atoms with Crippen LogP contribution in [-0.2, 0) is 0 Å². The summed E-state index contributed by atoms with van der Waals surface area (Å²) < 4.78 is 0. The van der Waals surface area contributed by atoms with Crippen molar-refractivity contribution < 1.29 is 4.79 Å². The quantitative estimate of drug-likeness (QED) is 0.609. The number of carbonyl (C=O) groups is 1. The maximum Gasteiger partial charge on any atom is 0.319 e. The molecular formula is C11H18N2O. The van der Waals surface area contributed by atoms with Crippen LogP contribution in [0.3, 0.4) is 0 Å². The van der Waals surface area contributed by atoms with Gasteiger partial charge in [0.25, 0.3) is 0 Å². The molecule has 1 aliphatic carbocycles. The van der Waals surface area contributed by atoms with Gasteiger partial charge in [-0.1, -0.05) is 18.4 Å². The van der Waals surface area contributed by atoms with Gasteiger partial charge in [0.15, 0.2) is 0 Å². The molecule has 1 saturated heterocycles. The Balaban J connectivity index is 2.24. The monoisotopic (exact) mass is 194 g/mol. The number of urea groups is 1. The Labute approximate surface area is 84.9 Å². The fourth-order valence-electron chi connectivity index (χ4n) is 2.56. The van der Waals surface area contributed by atoms with Crippen LogP contribution in [0.15, 0.2) is 11.3 Å². The molecule has 1 heterocycles. The minimum atomic E-state index is -0.0238. The first kappa shape index (κ1) is 9.56. The van der Waals surface area contributed by atoms with Gasteiger partial charge in [0.1, 0.15) is 0 Å². The number of hydrogen-bond acceptors (Lipinski definition) is 1. The van der Waals surface area contributed by atoms with E-state index in [2.05, 4.69) is 24.5 Å². The third-order valence-corrected chi connectivity index (χ3v) is 3.24. The molecule has 2 N–H and O–H groups in total. The fourth-order valence-corrected chi connectivity index (χ4v) is 2.56. The molecule has 2 atom stereocenters. The molecule has 2 fully saturated rings. The SMILES string of the molecule is CC(C)=C1NC(=O)NC2CCCCC12. The number of amides is 2. The number of fused-ring (bicyclic) bond motifs is 1. The minimum Gasteiger partial charge on any atom is -0.334 e. The van der Waals surface area contributed by atoms with Gasteiger partial charge in [-0.15, -0.1) is 0 Å². The zero-order valence-electron chi connectivity index (χ0n) is 8.89. The molecule has 2 amide bonds. The first-order valence-corrected chi connectivity index (χ1v) is 5.43. The summed E-state index contributed by atoms with van der Waals surface area (Å²) in [4.78, 5) is 11.4. The molecule has 1 saturated carbocycles. The zero-order valence-corrected chi connectivity index (χ0v) is 8.89. The van der Waals surface area contributed by atoms with Gasteiger partial charge in [-0.3, -0.25) is 0 Å². The van der Waals surface area contributed by atoms with E-state index in [1.54, 1.807) is 0 Å². The second kappa shape index (κ2) is 3.64. The molecule has 2 rings (SSSR count). The smallest absolute Gasteiger partial charge is 0.319 e. The maximum atomic E-state index is 11.4. The predicted octanol–water partition coefficient (Wildman–Crippen LogP) is 2.15. The summed E-state index contributed by atoms with van der Waals surface area (Å²) >= 11 is 0. The molecule has 14 heavy (non-hydrogen) atoms. The lowest BCUT2D eigenvalue weighted by Crippen LogP contribution is -2.54. The van der Waals surface area contributed by atoms with E-state index in [1.807, 2.05) is 0 Å². The fraction of sp³-hybridized carbons (Fsp3) is 0.727. The van der Waals surface area contributed by atoms with Gasteiger partial charge in [-0.05, 0) is 26.7 Å². The Hall–Kier alpha value is -0.990. The van der Waals surface area contributed by atoms with Crippen molar-refractivity contribution in [1.82, 2.24) is 10.6 Å². The molecule has 3 heteroatoms. The van der Waals surface area contributed by atoms with Crippen molar-refractivity contribution in [3.63, 3.8) is 0 Å². The lowest BCUT2D eigenvalue weighted by Gasteiger charge is -2.38. The summed E-state index contributed by atoms with van der Waals surface area (Å²) in [5.41, 5.74) is 2.41. The summed E-state index contributed by atoms with van der Waals surface area (Å²) in [5, 5.41) is 5.96. The van der Waals surface area contributed by atoms with Crippen LogP contribution < -0.4 is 10.6 Å². The van der Waals surface area contributed by atoms with Crippen molar-refractivity contribution in [2.24, 2.45) is 5.92 Å². The minimum absolute atomic E-state index is 0.0238. The first-order chi connectivity index (χ1) is 6.68. The highest BCUT2D eigenvalue weighted by molar-refractivity contribution is 5.78. The Kier molecular flexibility index (Phi) is 2.48. The van der Waals surface area contributed by atoms with Crippen molar-refractivity contribution in [1.29, 1.82) is 0 Å². The van der Waals surface area contributed by atoms with Gasteiger partial charge in [-0.2, -0.15) is 0 Å². The van der Waals surface area contributed by atoms with E-state index in [4.69, 9.17) is 0 Å². The van der Waals surface area contributed by atoms with Crippen LogP contribution >= 0.6 is 0 Å². The molecule has 0 aromatic rings. The van der Waals surface area contributed by atoms with E-state index in [9.17, 15) is 4.79 Å². The Morgan fingerprint density at radius 3 is 2.71 bits per heavy atom. The van der Waals surface area contributed by atoms with Crippen molar-refractivity contribution in [2.45, 2.75) is 45.6 Å². The summed E-state index contributed by atoms with van der Waals surface area (Å²) in [6, 6.07) is 0.353. The molecule has 1 aliphatic heterocycles. The van der Waals surface area contributed by atoms with Crippen LogP contribution in [0, 0.1) is 5.92 Å². The van der Waals surface area contributed by atoms with Gasteiger partial charge in [0, 0.05) is 17.7 Å². The van der Waals surface area contributed by atoms with Crippen molar-refractivity contribution in [3.8, 4) is 0 Å². The normalized spacial score (nSPS) is 31.6. The average Bonchev–Trinajstić information content (AvgIpc) is 2.16. The molecule has 78 valence electrons. The molecule has 0 aromatic heterocycles. The lowest BCUT2D eigenvalue weighted by molar-refractivity contribution is 0.209. The number of rotatable bonds is 0. The van der Waals surface area contributed by atoms with E-state index < -0.39 is 0 Å². The van der Waals surface area contributed by atoms with E-state index in [1.165, 1.54) is 30.5 Å². The maximum absolute atomic E-state index is 11.4. The van der Waals surface area contributed by atoms with E-state index >= 15 is 0 Å². The third-order valence-electron chi connectivity index (χ3n) is 3.24. The molecule has 3 nitrogen and oxygen atoms in total. The summed E-state index contributed by atoms with van der Waals surface area (Å²) in [7, 11) is 0. The lowest BCUT2D eigenvalue weighted by atomic mass is 9.80. The highest BCUT2D eigenvalue weighted by atomic mass is 16.2. The van der Waals surface area contributed by atoms with Crippen molar-refractivity contribution in [2.75, 3.05) is 0 Å². The Morgan fingerprint density at radius 1 is 1.29 bits per heavy atom. The van der Waals surface area contributed by atoms with Crippen LogP contribution in [0.5, 0.6) is 0 Å². The van der Waals surface area contributed by atoms with Gasteiger partial charge >= 0.3 is 6.03 Å². The van der Waals surface area contributed by atoms with E-state index in [0.29, 0.717) is 12.0 Å². The van der Waals surface area contributed by atoms with Gasteiger partial charge in [0.2, 0.25) is 0 Å². The summed E-state index contributed by atoms with van der Waals surface area (Å²) in [6.07, 6.45) is 4.88. The van der Waals surface area contributed by atoms with Gasteiger partial charge < -0.3 is 10.6 Å². The van der Waals surface area contributed by atoms with Gasteiger partial charge in [0.05, 0.1) is 0 Å². The summed E-state index contributed by atoms with van der Waals surface area (Å²) in [6.45, 7) is 4.15. The number of nitrogens with one attached hydrogen (secondary N) is 2. The Bertz CT molecular complexity index is 279. The van der Waals surface area contributed by atoms with E-state index in [0.717, 1.165) is 6.42 Å². The second-order valence-corrected chi connectivity index (χ2v) is 4.51. The third kappa shape index (κ3) is 1.63. The van der Waals surface area contributed by atoms with Gasteiger partial charge in [-0.25, -0.2) is 4.79 Å². The van der Waals surface area contributed by atoms with Crippen molar-refractivity contribution in [3.05, 3.63) is 11.3 Å². The zero-order chi connectivity index (χ0) is 10.1. The van der Waals surface area contributed by atoms with Crippen LogP contribution in [0.25, 0.3) is 0 Å². The first-order valence-electron chi connectivity index (χ1n) is 5.43. The molecule has 0 bridgehead atoms. The average molecular weight is 194 g/mol. The number of carbonyl (C=O) groups excluding carboxylic acids is 1. The highest BCUT2D eigenvalue weighted by Gasteiger charge is 2.34. The van der Waals surface area contributed by atoms with Crippen molar-refractivity contribution >= 4 is 6.03 Å². The summed E-state index contributed by atoms with van der Waals surface area (Å²) in [5.74, 6) is 0.534. The molecule has 2 aliphatic rings. The number of hydrogen-bond donors (Lipinski definition) is 2. The van der Waals surface area contributed by atoms with Crippen LogP contribution in [0.4, 0.5) is 4.79 Å². The predicted molar refractivity (Wildman–Crippen MR) is 55.8 cm³/mol. The topological polar surface area (TPSA) is 41.1 Å². The molecular weight excluding hydrogens is 176 g/mol. The van der Waals surface area contributed by atoms with Crippen LogP contribution in [0.2, 0.25) is 0 Å². The van der Waals surface area contributed by atoms with Crippen LogP contribution in [-0.4, -0.2) is 12.1 Å². The molecule has 0 spiro atoms. The molecule has 0 radical (unpaired) electrons. The van der Waals surface area contributed by atoms with Crippen LogP contribution in [0.1, 0.15) is 39.5 Å². The molecule has 2 unspecified atom stereocenters. The Morgan fingerprint density at radius 2 is 2.00 bits per heavy atom. The van der Waals surface area contributed by atoms with E-state index in [-0.39, 0.29) is 6.03 Å². The second-order valence-electron chi connectivity index (χ2n) is 4.51. The standard InChI is InChI=1S/C11H18N2O/c1-7(2)10-8-5-3-4-6-9(8)12-11(14)13-10/h8-9H,3-6H2,1-2H3,(H2,12,13,14). The number of allylic oxidation sites excluding steroid dienone is 1. The highest BCUT2D eigenvalue weighted by Crippen LogP contribution is 2.32. The largest absolute Gasteiger partial charge is 0.334 e.